The molecular weight excluding hydrogens is 392 g/mol. The summed E-state index contributed by atoms with van der Waals surface area (Å²) in [6.07, 6.45) is 1.26. The van der Waals surface area contributed by atoms with Crippen LogP contribution in [-0.4, -0.2) is 31.7 Å². The quantitative estimate of drug-likeness (QED) is 0.427. The van der Waals surface area contributed by atoms with E-state index in [1.165, 1.54) is 35.1 Å². The second-order valence-electron chi connectivity index (χ2n) is 6.43. The van der Waals surface area contributed by atoms with Crippen LogP contribution in [-0.2, 0) is 11.3 Å². The van der Waals surface area contributed by atoms with Crippen LogP contribution in [0.4, 0.5) is 11.4 Å². The number of nitro groups is 1. The van der Waals surface area contributed by atoms with Crippen LogP contribution in [0.25, 0.3) is 0 Å². The molecule has 0 aliphatic heterocycles. The van der Waals surface area contributed by atoms with Crippen LogP contribution in [0, 0.1) is 17.0 Å². The van der Waals surface area contributed by atoms with Crippen molar-refractivity contribution in [2.75, 3.05) is 5.32 Å². The van der Waals surface area contributed by atoms with E-state index in [4.69, 9.17) is 9.84 Å². The average molecular weight is 410 g/mol. The maximum atomic E-state index is 12.3. The molecule has 0 spiro atoms. The Morgan fingerprint density at radius 2 is 1.90 bits per heavy atom. The summed E-state index contributed by atoms with van der Waals surface area (Å²) in [5.74, 6) is -0.907. The van der Waals surface area contributed by atoms with Gasteiger partial charge in [-0.05, 0) is 25.1 Å². The highest BCUT2D eigenvalue weighted by molar-refractivity contribution is 5.91. The molecule has 0 atom stereocenters. The molecule has 10 heteroatoms. The van der Waals surface area contributed by atoms with Crippen LogP contribution in [0.2, 0.25) is 0 Å². The van der Waals surface area contributed by atoms with Crippen molar-refractivity contribution in [2.45, 2.75) is 19.9 Å². The second-order valence-corrected chi connectivity index (χ2v) is 6.43. The maximum absolute atomic E-state index is 12.3. The predicted molar refractivity (Wildman–Crippen MR) is 107 cm³/mol. The lowest BCUT2D eigenvalue weighted by Gasteiger charge is -2.10. The van der Waals surface area contributed by atoms with E-state index in [1.54, 1.807) is 12.1 Å². The molecule has 3 rings (SSSR count). The first kappa shape index (κ1) is 20.5. The zero-order valence-corrected chi connectivity index (χ0v) is 15.9. The fourth-order valence-corrected chi connectivity index (χ4v) is 2.69. The molecule has 0 bridgehead atoms. The van der Waals surface area contributed by atoms with Crippen LogP contribution >= 0.6 is 0 Å². The summed E-state index contributed by atoms with van der Waals surface area (Å²) in [6, 6.07) is 12.4. The van der Waals surface area contributed by atoms with Crippen molar-refractivity contribution < 1.29 is 24.4 Å². The summed E-state index contributed by atoms with van der Waals surface area (Å²) in [4.78, 5) is 34.0. The Balaban J connectivity index is 1.72. The zero-order valence-electron chi connectivity index (χ0n) is 15.9. The lowest BCUT2D eigenvalue weighted by atomic mass is 10.2. The van der Waals surface area contributed by atoms with Crippen molar-refractivity contribution >= 4 is 23.3 Å². The number of amides is 1. The molecule has 2 N–H and O–H groups in total. The molecule has 10 nitrogen and oxygen atoms in total. The number of carboxylic acid groups (broad SMARTS) is 1. The van der Waals surface area contributed by atoms with Gasteiger partial charge in [-0.1, -0.05) is 17.7 Å². The maximum Gasteiger partial charge on any atom is 0.354 e. The zero-order chi connectivity index (χ0) is 21.7. The molecule has 0 radical (unpaired) electrons. The standard InChI is InChI=1S/C20H18N4O6/c1-13-2-4-16(5-3-13)30-17-11-14(10-15(12-17)24(28)29)22-19(25)7-9-23-18(20(26)27)6-8-21-23/h2-6,8,10-12H,7,9H2,1H3,(H,22,25)(H,26,27). The predicted octanol–water partition coefficient (Wildman–Crippen LogP) is 3.62. The normalized spacial score (nSPS) is 10.4. The van der Waals surface area contributed by atoms with Crippen molar-refractivity contribution in [1.29, 1.82) is 0 Å². The third kappa shape index (κ3) is 5.19. The van der Waals surface area contributed by atoms with Gasteiger partial charge in [-0.2, -0.15) is 5.10 Å². The van der Waals surface area contributed by atoms with Gasteiger partial charge in [0.1, 0.15) is 17.2 Å². The minimum Gasteiger partial charge on any atom is -0.477 e. The summed E-state index contributed by atoms with van der Waals surface area (Å²) >= 11 is 0. The van der Waals surface area contributed by atoms with Gasteiger partial charge < -0.3 is 15.2 Å². The monoisotopic (exact) mass is 410 g/mol. The van der Waals surface area contributed by atoms with Crippen molar-refractivity contribution in [3.05, 3.63) is 76.1 Å². The van der Waals surface area contributed by atoms with Gasteiger partial charge in [0.05, 0.1) is 23.2 Å². The number of non-ortho nitro benzene ring substituents is 1. The molecule has 30 heavy (non-hydrogen) atoms. The molecule has 0 aliphatic rings. The summed E-state index contributed by atoms with van der Waals surface area (Å²) in [7, 11) is 0. The number of aromatic nitrogens is 2. The largest absolute Gasteiger partial charge is 0.477 e. The number of aryl methyl sites for hydroxylation is 2. The van der Waals surface area contributed by atoms with E-state index >= 15 is 0 Å². The number of carbonyl (C=O) groups is 2. The van der Waals surface area contributed by atoms with E-state index in [0.29, 0.717) is 5.75 Å². The van der Waals surface area contributed by atoms with Crippen molar-refractivity contribution in [2.24, 2.45) is 0 Å². The average Bonchev–Trinajstić information content (AvgIpc) is 3.17. The van der Waals surface area contributed by atoms with Crippen molar-refractivity contribution in [3.63, 3.8) is 0 Å². The van der Waals surface area contributed by atoms with Gasteiger partial charge in [0.2, 0.25) is 5.91 Å². The van der Waals surface area contributed by atoms with Gasteiger partial charge in [0.15, 0.2) is 0 Å². The van der Waals surface area contributed by atoms with Gasteiger partial charge in [-0.3, -0.25) is 19.6 Å². The molecule has 154 valence electrons. The molecular formula is C20H18N4O6. The lowest BCUT2D eigenvalue weighted by molar-refractivity contribution is -0.384. The first-order valence-electron chi connectivity index (χ1n) is 8.91. The number of hydrogen-bond acceptors (Lipinski definition) is 6. The fourth-order valence-electron chi connectivity index (χ4n) is 2.69. The Morgan fingerprint density at radius 3 is 2.57 bits per heavy atom. The highest BCUT2D eigenvalue weighted by Crippen LogP contribution is 2.30. The van der Waals surface area contributed by atoms with Gasteiger partial charge in [-0.15, -0.1) is 0 Å². The molecule has 0 unspecified atom stereocenters. The van der Waals surface area contributed by atoms with Crippen LogP contribution in [0.15, 0.2) is 54.7 Å². The first-order chi connectivity index (χ1) is 14.3. The molecule has 0 aliphatic carbocycles. The number of ether oxygens (including phenoxy) is 1. The smallest absolute Gasteiger partial charge is 0.354 e. The highest BCUT2D eigenvalue weighted by atomic mass is 16.6. The second kappa shape index (κ2) is 8.86. The Kier molecular flexibility index (Phi) is 6.06. The number of nitrogens with zero attached hydrogens (tertiary/aromatic N) is 3. The molecule has 0 fully saturated rings. The third-order valence-corrected chi connectivity index (χ3v) is 4.13. The van der Waals surface area contributed by atoms with Crippen LogP contribution in [0.3, 0.4) is 0 Å². The molecule has 3 aromatic rings. The van der Waals surface area contributed by atoms with E-state index in [0.717, 1.165) is 5.56 Å². The first-order valence-corrected chi connectivity index (χ1v) is 8.91. The van der Waals surface area contributed by atoms with Crippen molar-refractivity contribution in [1.82, 2.24) is 9.78 Å². The molecule has 0 saturated heterocycles. The van der Waals surface area contributed by atoms with Gasteiger partial charge in [-0.25, -0.2) is 4.79 Å². The fraction of sp³-hybridized carbons (Fsp3) is 0.150. The SMILES string of the molecule is Cc1ccc(Oc2cc(NC(=O)CCn3nccc3C(=O)O)cc([N+](=O)[O-])c2)cc1. The summed E-state index contributed by atoms with van der Waals surface area (Å²) in [5, 5.41) is 26.7. The number of rotatable bonds is 8. The van der Waals surface area contributed by atoms with Gasteiger partial charge in [0.25, 0.3) is 5.69 Å². The number of carbonyl (C=O) groups excluding carboxylic acids is 1. The van der Waals surface area contributed by atoms with E-state index in [-0.39, 0.29) is 35.8 Å². The van der Waals surface area contributed by atoms with Crippen molar-refractivity contribution in [3.8, 4) is 11.5 Å². The highest BCUT2D eigenvalue weighted by Gasteiger charge is 2.15. The minimum atomic E-state index is -1.15. The number of hydrogen-bond donors (Lipinski definition) is 2. The van der Waals surface area contributed by atoms with Crippen LogP contribution in [0.1, 0.15) is 22.5 Å². The summed E-state index contributed by atoms with van der Waals surface area (Å²) in [6.45, 7) is 1.97. The third-order valence-electron chi connectivity index (χ3n) is 4.13. The number of benzene rings is 2. The van der Waals surface area contributed by atoms with E-state index < -0.39 is 16.8 Å². The van der Waals surface area contributed by atoms with Crippen LogP contribution < -0.4 is 10.1 Å². The molecule has 1 aromatic heterocycles. The van der Waals surface area contributed by atoms with E-state index in [2.05, 4.69) is 10.4 Å². The van der Waals surface area contributed by atoms with Gasteiger partial charge in [0, 0.05) is 24.8 Å². The van der Waals surface area contributed by atoms with Gasteiger partial charge >= 0.3 is 5.97 Å². The van der Waals surface area contributed by atoms with E-state index in [9.17, 15) is 19.7 Å². The molecule has 2 aromatic carbocycles. The Morgan fingerprint density at radius 1 is 1.17 bits per heavy atom. The van der Waals surface area contributed by atoms with Crippen LogP contribution in [0.5, 0.6) is 11.5 Å². The summed E-state index contributed by atoms with van der Waals surface area (Å²) in [5.41, 5.74) is 0.954. The molecule has 1 amide bonds. The Hall–Kier alpha value is -4.21. The number of nitrogens with one attached hydrogen (secondary N) is 1. The number of aromatic carboxylic acids is 1. The molecule has 0 saturated carbocycles. The number of anilines is 1. The number of nitro benzene ring substituents is 1. The Bertz CT molecular complexity index is 1090. The summed E-state index contributed by atoms with van der Waals surface area (Å²) < 4.78 is 6.87. The topological polar surface area (TPSA) is 137 Å². The number of carboxylic acids is 1. The van der Waals surface area contributed by atoms with E-state index in [1.807, 2.05) is 19.1 Å². The Labute approximate surface area is 170 Å². The molecule has 1 heterocycles. The lowest BCUT2D eigenvalue weighted by Crippen LogP contribution is -2.17. The minimum absolute atomic E-state index is 0.0352.